The Hall–Kier alpha value is -2.00. The minimum absolute atomic E-state index is 0.211. The van der Waals surface area contributed by atoms with Gasteiger partial charge < -0.3 is 9.84 Å². The van der Waals surface area contributed by atoms with Gasteiger partial charge in [-0.3, -0.25) is 14.6 Å². The highest BCUT2D eigenvalue weighted by molar-refractivity contribution is 7.89. The molecule has 0 radical (unpaired) electrons. The Morgan fingerprint density at radius 1 is 1.38 bits per heavy atom. The molecule has 116 valence electrons. The Bertz CT molecular complexity index is 587. The van der Waals surface area contributed by atoms with Crippen LogP contribution in [0, 0.1) is 0 Å². The number of methoxy groups -OCH3 is 1. The number of hydrogen-bond acceptors (Lipinski definition) is 6. The molecule has 1 aromatic rings. The van der Waals surface area contributed by atoms with Crippen molar-refractivity contribution in [3.05, 3.63) is 30.1 Å². The van der Waals surface area contributed by atoms with Gasteiger partial charge in [0.05, 0.1) is 19.3 Å². The lowest BCUT2D eigenvalue weighted by atomic mass is 10.2. The number of rotatable bonds is 8. The fourth-order valence-electron chi connectivity index (χ4n) is 1.51. The number of nitrogens with zero attached hydrogens (tertiary/aromatic N) is 1. The minimum Gasteiger partial charge on any atom is -0.480 e. The number of aryl methyl sites for hydroxylation is 1. The highest BCUT2D eigenvalue weighted by atomic mass is 32.2. The van der Waals surface area contributed by atoms with Gasteiger partial charge >= 0.3 is 11.9 Å². The number of carbonyl (C=O) groups is 2. The van der Waals surface area contributed by atoms with Gasteiger partial charge in [-0.05, 0) is 24.1 Å². The molecule has 0 unspecified atom stereocenters. The van der Waals surface area contributed by atoms with Crippen molar-refractivity contribution in [3.63, 3.8) is 0 Å². The highest BCUT2D eigenvalue weighted by Gasteiger charge is 2.26. The molecule has 0 spiro atoms. The summed E-state index contributed by atoms with van der Waals surface area (Å²) in [5.74, 6) is -2.53. The molecule has 0 bridgehead atoms. The van der Waals surface area contributed by atoms with E-state index >= 15 is 0 Å². The largest absolute Gasteiger partial charge is 0.480 e. The van der Waals surface area contributed by atoms with Crippen LogP contribution in [0.4, 0.5) is 0 Å². The third-order valence-electron chi connectivity index (χ3n) is 2.63. The van der Waals surface area contributed by atoms with E-state index in [1.165, 1.54) is 12.4 Å². The SMILES string of the molecule is COC(=O)C[C@H](NS(=O)(=O)CCc1ccncc1)C(=O)O. The van der Waals surface area contributed by atoms with Crippen LogP contribution in [0.15, 0.2) is 24.5 Å². The normalized spacial score (nSPS) is 12.6. The maximum absolute atomic E-state index is 11.8. The number of carboxylic acid groups (broad SMARTS) is 1. The molecule has 0 aliphatic rings. The van der Waals surface area contributed by atoms with Crippen LogP contribution < -0.4 is 4.72 Å². The van der Waals surface area contributed by atoms with Crippen LogP contribution in [-0.2, 0) is 30.8 Å². The number of esters is 1. The number of carboxylic acids is 1. The number of nitrogens with one attached hydrogen (secondary N) is 1. The van der Waals surface area contributed by atoms with Gasteiger partial charge in [-0.1, -0.05) is 0 Å². The van der Waals surface area contributed by atoms with Crippen molar-refractivity contribution in [1.82, 2.24) is 9.71 Å². The Kier molecular flexibility index (Phi) is 6.25. The monoisotopic (exact) mass is 316 g/mol. The molecule has 1 aromatic heterocycles. The number of carbonyl (C=O) groups excluding carboxylic acids is 1. The van der Waals surface area contributed by atoms with Crippen LogP contribution >= 0.6 is 0 Å². The number of hydrogen-bond donors (Lipinski definition) is 2. The summed E-state index contributed by atoms with van der Waals surface area (Å²) >= 11 is 0. The Balaban J connectivity index is 2.64. The van der Waals surface area contributed by atoms with E-state index in [1.807, 2.05) is 4.72 Å². The van der Waals surface area contributed by atoms with E-state index in [9.17, 15) is 18.0 Å². The maximum Gasteiger partial charge on any atom is 0.322 e. The molecule has 9 heteroatoms. The minimum atomic E-state index is -3.84. The lowest BCUT2D eigenvalue weighted by Gasteiger charge is -2.13. The number of sulfonamides is 1. The standard InChI is InChI=1S/C12H16N2O6S/c1-20-11(15)8-10(12(16)17)14-21(18,19)7-4-9-2-5-13-6-3-9/h2-3,5-6,10,14H,4,7-8H2,1H3,(H,16,17)/t10-/m0/s1. The van der Waals surface area contributed by atoms with E-state index in [0.717, 1.165) is 12.7 Å². The van der Waals surface area contributed by atoms with Gasteiger partial charge in [0.25, 0.3) is 0 Å². The second-order valence-electron chi connectivity index (χ2n) is 4.21. The summed E-state index contributed by atoms with van der Waals surface area (Å²) < 4.78 is 30.0. The zero-order valence-electron chi connectivity index (χ0n) is 11.4. The lowest BCUT2D eigenvalue weighted by Crippen LogP contribution is -2.43. The van der Waals surface area contributed by atoms with Crippen molar-refractivity contribution in [2.75, 3.05) is 12.9 Å². The van der Waals surface area contributed by atoms with Crippen LogP contribution in [0.3, 0.4) is 0 Å². The first-order valence-electron chi connectivity index (χ1n) is 6.02. The second-order valence-corrected chi connectivity index (χ2v) is 6.09. The fraction of sp³-hybridized carbons (Fsp3) is 0.417. The predicted molar refractivity (Wildman–Crippen MR) is 72.9 cm³/mol. The number of aliphatic carboxylic acids is 1. The van der Waals surface area contributed by atoms with Crippen molar-refractivity contribution < 1.29 is 27.9 Å². The molecule has 1 heterocycles. The smallest absolute Gasteiger partial charge is 0.322 e. The number of aromatic nitrogens is 1. The average molecular weight is 316 g/mol. The average Bonchev–Trinajstić information content (AvgIpc) is 2.45. The van der Waals surface area contributed by atoms with Crippen LogP contribution in [0.25, 0.3) is 0 Å². The van der Waals surface area contributed by atoms with E-state index in [4.69, 9.17) is 5.11 Å². The van der Waals surface area contributed by atoms with Crippen LogP contribution in [0.5, 0.6) is 0 Å². The molecule has 0 aliphatic heterocycles. The van der Waals surface area contributed by atoms with E-state index in [0.29, 0.717) is 0 Å². The van der Waals surface area contributed by atoms with Gasteiger partial charge in [0.2, 0.25) is 10.0 Å². The van der Waals surface area contributed by atoms with Crippen LogP contribution in [0.2, 0.25) is 0 Å². The summed E-state index contributed by atoms with van der Waals surface area (Å²) in [6.07, 6.45) is 2.71. The Morgan fingerprint density at radius 3 is 2.52 bits per heavy atom. The van der Waals surface area contributed by atoms with Gasteiger partial charge in [-0.15, -0.1) is 0 Å². The molecule has 0 amide bonds. The lowest BCUT2D eigenvalue weighted by molar-refractivity contribution is -0.147. The zero-order valence-corrected chi connectivity index (χ0v) is 12.2. The molecule has 0 aromatic carbocycles. The summed E-state index contributed by atoms with van der Waals surface area (Å²) in [6, 6.07) is 1.79. The third-order valence-corrected chi connectivity index (χ3v) is 4.01. The molecule has 0 saturated carbocycles. The molecular weight excluding hydrogens is 300 g/mol. The van der Waals surface area contributed by atoms with Crippen molar-refractivity contribution in [1.29, 1.82) is 0 Å². The van der Waals surface area contributed by atoms with Gasteiger partial charge in [0.15, 0.2) is 0 Å². The van der Waals surface area contributed by atoms with Gasteiger partial charge in [-0.2, -0.15) is 0 Å². The molecule has 0 saturated heterocycles. The van der Waals surface area contributed by atoms with E-state index in [-0.39, 0.29) is 12.2 Å². The molecule has 21 heavy (non-hydrogen) atoms. The summed E-state index contributed by atoms with van der Waals surface area (Å²) in [7, 11) is -2.74. The van der Waals surface area contributed by atoms with Gasteiger partial charge in [0, 0.05) is 12.4 Å². The Morgan fingerprint density at radius 2 is 2.00 bits per heavy atom. The summed E-state index contributed by atoms with van der Waals surface area (Å²) in [5, 5.41) is 8.92. The first-order chi connectivity index (χ1) is 9.84. The topological polar surface area (TPSA) is 123 Å². The fourth-order valence-corrected chi connectivity index (χ4v) is 2.75. The zero-order chi connectivity index (χ0) is 15.9. The first kappa shape index (κ1) is 17.1. The first-order valence-corrected chi connectivity index (χ1v) is 7.68. The molecule has 0 fully saturated rings. The maximum atomic E-state index is 11.8. The molecule has 1 atom stereocenters. The van der Waals surface area contributed by atoms with Crippen molar-refractivity contribution >= 4 is 22.0 Å². The van der Waals surface area contributed by atoms with E-state index < -0.39 is 34.4 Å². The van der Waals surface area contributed by atoms with Gasteiger partial charge in [0.1, 0.15) is 6.04 Å². The molecule has 1 rings (SSSR count). The third kappa shape index (κ3) is 6.32. The van der Waals surface area contributed by atoms with Crippen molar-refractivity contribution in [2.24, 2.45) is 0 Å². The van der Waals surface area contributed by atoms with Crippen LogP contribution in [0.1, 0.15) is 12.0 Å². The Labute approximate surface area is 122 Å². The number of pyridine rings is 1. The summed E-state index contributed by atoms with van der Waals surface area (Å²) in [5.41, 5.74) is 0.759. The number of ether oxygens (including phenoxy) is 1. The molecule has 0 aliphatic carbocycles. The summed E-state index contributed by atoms with van der Waals surface area (Å²) in [4.78, 5) is 25.8. The van der Waals surface area contributed by atoms with Crippen LogP contribution in [-0.4, -0.2) is 49.4 Å². The molecular formula is C12H16N2O6S. The second kappa shape index (κ2) is 7.70. The van der Waals surface area contributed by atoms with E-state index in [2.05, 4.69) is 9.72 Å². The van der Waals surface area contributed by atoms with Crippen molar-refractivity contribution in [2.45, 2.75) is 18.9 Å². The summed E-state index contributed by atoms with van der Waals surface area (Å²) in [6.45, 7) is 0. The van der Waals surface area contributed by atoms with Gasteiger partial charge in [-0.25, -0.2) is 13.1 Å². The van der Waals surface area contributed by atoms with E-state index in [1.54, 1.807) is 12.1 Å². The molecule has 8 nitrogen and oxygen atoms in total. The van der Waals surface area contributed by atoms with Crippen molar-refractivity contribution in [3.8, 4) is 0 Å². The molecule has 2 N–H and O–H groups in total. The quantitative estimate of drug-likeness (QED) is 0.623. The highest BCUT2D eigenvalue weighted by Crippen LogP contribution is 2.03. The predicted octanol–water partition coefficient (Wildman–Crippen LogP) is -0.440.